The minimum absolute atomic E-state index is 0.0113. The van der Waals surface area contributed by atoms with Crippen LogP contribution in [0.25, 0.3) is 10.4 Å². The first-order valence-electron chi connectivity index (χ1n) is 11.4. The largest absolute Gasteiger partial charge is 0.389 e. The highest BCUT2D eigenvalue weighted by molar-refractivity contribution is 7.17. The fourth-order valence-corrected chi connectivity index (χ4v) is 4.68. The lowest BCUT2D eigenvalue weighted by Crippen LogP contribution is -2.38. The third kappa shape index (κ3) is 6.06. The molecule has 1 aliphatic heterocycles. The van der Waals surface area contributed by atoms with Crippen molar-refractivity contribution in [3.8, 4) is 10.4 Å². The van der Waals surface area contributed by atoms with Crippen LogP contribution in [0.15, 0.2) is 12.3 Å². The number of aliphatic hydroxyl groups is 1. The van der Waals surface area contributed by atoms with Crippen LogP contribution in [-0.2, 0) is 0 Å². The Morgan fingerprint density at radius 2 is 2.12 bits per heavy atom. The molecular weight excluding hydrogens is 464 g/mol. The van der Waals surface area contributed by atoms with E-state index in [9.17, 15) is 23.5 Å². The normalized spacial score (nSPS) is 16.2. The summed E-state index contributed by atoms with van der Waals surface area (Å²) in [6.07, 6.45) is 0.968. The molecule has 3 heterocycles. The van der Waals surface area contributed by atoms with E-state index in [1.54, 1.807) is 18.7 Å². The summed E-state index contributed by atoms with van der Waals surface area (Å²) in [6.45, 7) is 8.05. The van der Waals surface area contributed by atoms with E-state index < -0.39 is 23.8 Å². The van der Waals surface area contributed by atoms with Crippen molar-refractivity contribution in [2.75, 3.05) is 25.0 Å². The lowest BCUT2D eigenvalue weighted by atomic mass is 10.1. The first-order chi connectivity index (χ1) is 16.0. The maximum atomic E-state index is 14.1. The zero-order valence-corrected chi connectivity index (χ0v) is 20.6. The van der Waals surface area contributed by atoms with Gasteiger partial charge in [-0.15, -0.1) is 11.3 Å². The molecule has 1 fully saturated rings. The van der Waals surface area contributed by atoms with Crippen molar-refractivity contribution in [1.29, 1.82) is 0 Å². The summed E-state index contributed by atoms with van der Waals surface area (Å²) in [7, 11) is 0. The Kier molecular flexibility index (Phi) is 8.19. The molecule has 186 valence electrons. The van der Waals surface area contributed by atoms with Gasteiger partial charge < -0.3 is 20.6 Å². The fourth-order valence-electron chi connectivity index (χ4n) is 3.68. The van der Waals surface area contributed by atoms with E-state index in [4.69, 9.17) is 0 Å². The second-order valence-electron chi connectivity index (χ2n) is 9.07. The number of hydrogen-bond donors (Lipinski definition) is 3. The molecule has 0 aliphatic carbocycles. The van der Waals surface area contributed by atoms with Crippen LogP contribution in [0.5, 0.6) is 0 Å². The van der Waals surface area contributed by atoms with Crippen LogP contribution in [0, 0.1) is 0 Å². The number of nitrogens with one attached hydrogen (secondary N) is 2. The highest BCUT2D eigenvalue weighted by Crippen LogP contribution is 2.38. The minimum Gasteiger partial charge on any atom is -0.389 e. The average Bonchev–Trinajstić information content (AvgIpc) is 3.41. The van der Waals surface area contributed by atoms with Crippen molar-refractivity contribution in [3.63, 3.8) is 0 Å². The van der Waals surface area contributed by atoms with E-state index in [-0.39, 0.29) is 39.3 Å². The predicted molar refractivity (Wildman–Crippen MR) is 127 cm³/mol. The van der Waals surface area contributed by atoms with E-state index in [1.165, 1.54) is 12.3 Å². The molecule has 0 spiro atoms. The molecule has 3 rings (SSSR count). The van der Waals surface area contributed by atoms with Crippen molar-refractivity contribution in [2.45, 2.75) is 65.0 Å². The molecule has 11 heteroatoms. The zero-order chi connectivity index (χ0) is 25.0. The van der Waals surface area contributed by atoms with Gasteiger partial charge in [-0.05, 0) is 46.1 Å². The summed E-state index contributed by atoms with van der Waals surface area (Å²) in [5, 5.41) is 15.4. The van der Waals surface area contributed by atoms with Gasteiger partial charge in [0.2, 0.25) is 0 Å². The number of halogens is 2. The number of carbonyl (C=O) groups excluding carboxylic acids is 2. The number of nitrogens with zero attached hydrogens (tertiary/aromatic N) is 3. The van der Waals surface area contributed by atoms with Crippen LogP contribution in [-0.4, -0.2) is 63.1 Å². The molecule has 34 heavy (non-hydrogen) atoms. The second-order valence-corrected chi connectivity index (χ2v) is 10.1. The maximum absolute atomic E-state index is 14.1. The number of thiazole rings is 1. The van der Waals surface area contributed by atoms with Gasteiger partial charge in [0.1, 0.15) is 11.5 Å². The molecule has 0 bridgehead atoms. The number of pyridine rings is 1. The summed E-state index contributed by atoms with van der Waals surface area (Å²) in [4.78, 5) is 36.5. The van der Waals surface area contributed by atoms with Crippen molar-refractivity contribution >= 4 is 29.0 Å². The Morgan fingerprint density at radius 3 is 2.71 bits per heavy atom. The molecule has 1 unspecified atom stereocenters. The third-order valence-electron chi connectivity index (χ3n) is 5.49. The number of aromatic nitrogens is 2. The molecule has 8 nitrogen and oxygen atoms in total. The summed E-state index contributed by atoms with van der Waals surface area (Å²) >= 11 is 0.869. The van der Waals surface area contributed by atoms with Crippen molar-refractivity contribution in [1.82, 2.24) is 20.2 Å². The van der Waals surface area contributed by atoms with E-state index >= 15 is 0 Å². The Labute approximate surface area is 201 Å². The standard InChI is InChI=1S/C23H31F2N5O3S/c1-5-8-26-16-10-14(19(24)25)15(11-27-16)18-17(22(32)30-9-6-7-13(30)2)29-21(34-18)20(31)28-12-23(3,4)33/h10-11,13,19,33H,5-9,12H2,1-4H3,(H,26,27)(H,28,31). The highest BCUT2D eigenvalue weighted by atomic mass is 32.1. The first-order valence-corrected chi connectivity index (χ1v) is 12.2. The summed E-state index contributed by atoms with van der Waals surface area (Å²) in [5.74, 6) is -0.671. The molecule has 1 aliphatic rings. The lowest BCUT2D eigenvalue weighted by molar-refractivity contribution is 0.0692. The van der Waals surface area contributed by atoms with E-state index in [2.05, 4.69) is 20.6 Å². The maximum Gasteiger partial charge on any atom is 0.280 e. The monoisotopic (exact) mass is 495 g/mol. The summed E-state index contributed by atoms with van der Waals surface area (Å²) in [6, 6.07) is 1.26. The Bertz CT molecular complexity index is 1040. The SMILES string of the molecule is CCCNc1cc(C(F)F)c(-c2sc(C(=O)NCC(C)(C)O)nc2C(=O)N2CCCC2C)cn1. The Hall–Kier alpha value is -2.66. The lowest BCUT2D eigenvalue weighted by Gasteiger charge is -2.21. The van der Waals surface area contributed by atoms with Gasteiger partial charge in [0.05, 0.1) is 10.5 Å². The summed E-state index contributed by atoms with van der Waals surface area (Å²) < 4.78 is 28.1. The molecule has 2 aromatic rings. The Morgan fingerprint density at radius 1 is 1.38 bits per heavy atom. The predicted octanol–water partition coefficient (Wildman–Crippen LogP) is 4.09. The van der Waals surface area contributed by atoms with Gasteiger partial charge in [-0.25, -0.2) is 18.7 Å². The van der Waals surface area contributed by atoms with E-state index in [0.717, 1.165) is 30.6 Å². The zero-order valence-electron chi connectivity index (χ0n) is 19.8. The molecular formula is C23H31F2N5O3S. The number of hydrogen-bond acceptors (Lipinski definition) is 7. The van der Waals surface area contributed by atoms with Crippen LogP contribution in [0.3, 0.4) is 0 Å². The van der Waals surface area contributed by atoms with Crippen LogP contribution < -0.4 is 10.6 Å². The number of anilines is 1. The quantitative estimate of drug-likeness (QED) is 0.484. The summed E-state index contributed by atoms with van der Waals surface area (Å²) in [5.41, 5.74) is -1.39. The van der Waals surface area contributed by atoms with Crippen molar-refractivity contribution < 1.29 is 23.5 Å². The van der Waals surface area contributed by atoms with Crippen LogP contribution in [0.4, 0.5) is 14.6 Å². The smallest absolute Gasteiger partial charge is 0.280 e. The van der Waals surface area contributed by atoms with Gasteiger partial charge in [-0.2, -0.15) is 0 Å². The number of alkyl halides is 2. The van der Waals surface area contributed by atoms with Crippen molar-refractivity contribution in [3.05, 3.63) is 28.5 Å². The van der Waals surface area contributed by atoms with Crippen molar-refractivity contribution in [2.24, 2.45) is 0 Å². The molecule has 0 radical (unpaired) electrons. The van der Waals surface area contributed by atoms with Gasteiger partial charge in [-0.1, -0.05) is 6.92 Å². The molecule has 1 saturated heterocycles. The van der Waals surface area contributed by atoms with E-state index in [1.807, 2.05) is 13.8 Å². The fraction of sp³-hybridized carbons (Fsp3) is 0.565. The van der Waals surface area contributed by atoms with E-state index in [0.29, 0.717) is 18.9 Å². The molecule has 0 saturated carbocycles. The number of carbonyl (C=O) groups is 2. The molecule has 1 atom stereocenters. The number of likely N-dealkylation sites (tertiary alicyclic amines) is 1. The van der Waals surface area contributed by atoms with Gasteiger partial charge in [-0.3, -0.25) is 9.59 Å². The number of rotatable bonds is 9. The first kappa shape index (κ1) is 26.0. The molecule has 2 aromatic heterocycles. The molecule has 3 N–H and O–H groups in total. The van der Waals surface area contributed by atoms with Gasteiger partial charge in [0.25, 0.3) is 18.2 Å². The molecule has 0 aromatic carbocycles. The van der Waals surface area contributed by atoms with Gasteiger partial charge in [0, 0.05) is 43.0 Å². The second kappa shape index (κ2) is 10.7. The van der Waals surface area contributed by atoms with Crippen LogP contribution >= 0.6 is 11.3 Å². The van der Waals surface area contributed by atoms with Gasteiger partial charge in [0.15, 0.2) is 5.01 Å². The molecule has 2 amide bonds. The van der Waals surface area contributed by atoms with Gasteiger partial charge >= 0.3 is 0 Å². The average molecular weight is 496 g/mol. The Balaban J connectivity index is 2.06. The van der Waals surface area contributed by atoms with Crippen LogP contribution in [0.2, 0.25) is 0 Å². The topological polar surface area (TPSA) is 107 Å². The third-order valence-corrected chi connectivity index (χ3v) is 6.58. The highest BCUT2D eigenvalue weighted by Gasteiger charge is 2.33. The number of amides is 2. The minimum atomic E-state index is -2.82. The van der Waals surface area contributed by atoms with Crippen LogP contribution in [0.1, 0.15) is 79.2 Å².